The smallest absolute Gasteiger partial charge is 0.451 e. The van der Waals surface area contributed by atoms with Crippen molar-refractivity contribution in [3.63, 3.8) is 0 Å². The Kier molecular flexibility index (Phi) is 5.13. The maximum atomic E-state index is 13.2. The zero-order valence-electron chi connectivity index (χ0n) is 15.3. The van der Waals surface area contributed by atoms with Gasteiger partial charge < -0.3 is 10.4 Å². The number of nitrogens with zero attached hydrogens (tertiary/aromatic N) is 2. The van der Waals surface area contributed by atoms with E-state index in [1.165, 1.54) is 23.5 Å². The SMILES string of the molecule is O=C(O)c1ccccc1-c1ccc(CNc2nc(C(F)(F)F)nc3ccccc23)s1. The summed E-state index contributed by atoms with van der Waals surface area (Å²) >= 11 is 1.36. The van der Waals surface area contributed by atoms with Gasteiger partial charge in [-0.2, -0.15) is 13.2 Å². The number of nitrogens with one attached hydrogen (secondary N) is 1. The first-order chi connectivity index (χ1) is 14.3. The van der Waals surface area contributed by atoms with Crippen LogP contribution in [0.2, 0.25) is 0 Å². The molecule has 0 fully saturated rings. The Morgan fingerprint density at radius 3 is 2.50 bits per heavy atom. The number of anilines is 1. The molecule has 0 bridgehead atoms. The number of benzene rings is 2. The highest BCUT2D eigenvalue weighted by Crippen LogP contribution is 2.33. The lowest BCUT2D eigenvalue weighted by atomic mass is 10.1. The van der Waals surface area contributed by atoms with E-state index >= 15 is 0 Å². The van der Waals surface area contributed by atoms with E-state index in [9.17, 15) is 23.1 Å². The number of thiophene rings is 1. The number of halogens is 3. The van der Waals surface area contributed by atoms with Crippen molar-refractivity contribution in [2.45, 2.75) is 12.7 Å². The molecule has 2 heterocycles. The Hall–Kier alpha value is -3.46. The number of hydrogen-bond acceptors (Lipinski definition) is 5. The summed E-state index contributed by atoms with van der Waals surface area (Å²) in [5.74, 6) is -2.13. The number of fused-ring (bicyclic) bond motifs is 1. The average Bonchev–Trinajstić information content (AvgIpc) is 3.20. The van der Waals surface area contributed by atoms with Crippen LogP contribution in [0.15, 0.2) is 60.7 Å². The first-order valence-electron chi connectivity index (χ1n) is 8.82. The van der Waals surface area contributed by atoms with E-state index in [0.717, 1.165) is 9.75 Å². The van der Waals surface area contributed by atoms with E-state index in [4.69, 9.17) is 0 Å². The number of hydrogen-bond donors (Lipinski definition) is 2. The summed E-state index contributed by atoms with van der Waals surface area (Å²) in [6.07, 6.45) is -4.66. The molecule has 0 saturated heterocycles. The molecular weight excluding hydrogens is 415 g/mol. The lowest BCUT2D eigenvalue weighted by Gasteiger charge is -2.11. The predicted octanol–water partition coefficient (Wildman–Crippen LogP) is 5.69. The van der Waals surface area contributed by atoms with E-state index in [-0.39, 0.29) is 23.4 Å². The Bertz CT molecular complexity index is 1240. The Balaban J connectivity index is 1.62. The summed E-state index contributed by atoms with van der Waals surface area (Å²) in [5, 5.41) is 12.8. The fourth-order valence-electron chi connectivity index (χ4n) is 3.01. The summed E-state index contributed by atoms with van der Waals surface area (Å²) < 4.78 is 39.5. The Morgan fingerprint density at radius 1 is 1.00 bits per heavy atom. The summed E-state index contributed by atoms with van der Waals surface area (Å²) in [6.45, 7) is 0.234. The highest BCUT2D eigenvalue weighted by Gasteiger charge is 2.35. The van der Waals surface area contributed by atoms with Crippen molar-refractivity contribution in [3.8, 4) is 10.4 Å². The maximum absolute atomic E-state index is 13.2. The van der Waals surface area contributed by atoms with Crippen LogP contribution >= 0.6 is 11.3 Å². The molecule has 0 radical (unpaired) electrons. The molecule has 152 valence electrons. The predicted molar refractivity (Wildman–Crippen MR) is 109 cm³/mol. The number of carbonyl (C=O) groups is 1. The number of aromatic carboxylic acids is 1. The van der Waals surface area contributed by atoms with E-state index in [0.29, 0.717) is 10.9 Å². The van der Waals surface area contributed by atoms with Crippen LogP contribution in [0.3, 0.4) is 0 Å². The molecule has 4 aromatic rings. The molecule has 5 nitrogen and oxygen atoms in total. The lowest BCUT2D eigenvalue weighted by Crippen LogP contribution is -2.13. The van der Waals surface area contributed by atoms with Crippen molar-refractivity contribution >= 4 is 34.0 Å². The van der Waals surface area contributed by atoms with Gasteiger partial charge in [0.05, 0.1) is 17.6 Å². The fraction of sp³-hybridized carbons (Fsp3) is 0.0952. The van der Waals surface area contributed by atoms with Crippen LogP contribution in [0.25, 0.3) is 21.3 Å². The molecule has 2 aromatic carbocycles. The van der Waals surface area contributed by atoms with E-state index < -0.39 is 18.0 Å². The summed E-state index contributed by atoms with van der Waals surface area (Å²) in [6, 6.07) is 16.7. The first kappa shape index (κ1) is 19.8. The molecule has 0 saturated carbocycles. The van der Waals surface area contributed by atoms with Crippen LogP contribution in [0.5, 0.6) is 0 Å². The molecule has 0 unspecified atom stereocenters. The second-order valence-electron chi connectivity index (χ2n) is 6.38. The van der Waals surface area contributed by atoms with Crippen LogP contribution < -0.4 is 5.32 Å². The van der Waals surface area contributed by atoms with Gasteiger partial charge in [-0.1, -0.05) is 30.3 Å². The number of carboxylic acid groups (broad SMARTS) is 1. The van der Waals surface area contributed by atoms with Gasteiger partial charge in [0.1, 0.15) is 5.82 Å². The number of aromatic nitrogens is 2. The van der Waals surface area contributed by atoms with Crippen LogP contribution in [0, 0.1) is 0 Å². The molecule has 2 aromatic heterocycles. The molecule has 0 aliphatic carbocycles. The molecular formula is C21H14F3N3O2S. The molecule has 0 aliphatic heterocycles. The van der Waals surface area contributed by atoms with E-state index in [1.807, 2.05) is 0 Å². The highest BCUT2D eigenvalue weighted by atomic mass is 32.1. The third-order valence-corrected chi connectivity index (χ3v) is 5.49. The largest absolute Gasteiger partial charge is 0.478 e. The van der Waals surface area contributed by atoms with Crippen molar-refractivity contribution in [3.05, 3.63) is 76.9 Å². The Morgan fingerprint density at radius 2 is 1.73 bits per heavy atom. The minimum atomic E-state index is -4.66. The van der Waals surface area contributed by atoms with Crippen molar-refractivity contribution in [2.24, 2.45) is 0 Å². The topological polar surface area (TPSA) is 75.1 Å². The lowest BCUT2D eigenvalue weighted by molar-refractivity contribution is -0.144. The number of alkyl halides is 3. The first-order valence-corrected chi connectivity index (χ1v) is 9.64. The Labute approximate surface area is 172 Å². The van der Waals surface area contributed by atoms with Crippen molar-refractivity contribution in [1.82, 2.24) is 9.97 Å². The minimum absolute atomic E-state index is 0.0915. The van der Waals surface area contributed by atoms with Crippen LogP contribution in [-0.4, -0.2) is 21.0 Å². The summed E-state index contributed by atoms with van der Waals surface area (Å²) in [5.41, 5.74) is 0.980. The normalized spacial score (nSPS) is 11.6. The van der Waals surface area contributed by atoms with Gasteiger partial charge in [0.15, 0.2) is 0 Å². The monoisotopic (exact) mass is 429 g/mol. The molecule has 9 heteroatoms. The fourth-order valence-corrected chi connectivity index (χ4v) is 4.00. The second-order valence-corrected chi connectivity index (χ2v) is 7.55. The third-order valence-electron chi connectivity index (χ3n) is 4.37. The van der Waals surface area contributed by atoms with Gasteiger partial charge in [-0.15, -0.1) is 11.3 Å². The van der Waals surface area contributed by atoms with Gasteiger partial charge in [-0.25, -0.2) is 14.8 Å². The maximum Gasteiger partial charge on any atom is 0.451 e. The van der Waals surface area contributed by atoms with Gasteiger partial charge >= 0.3 is 12.1 Å². The molecule has 0 amide bonds. The number of para-hydroxylation sites is 1. The van der Waals surface area contributed by atoms with Gasteiger partial charge in [-0.05, 0) is 30.3 Å². The standard InChI is InChI=1S/C21H14F3N3O2S/c22-21(23,24)20-26-16-8-4-3-7-15(16)18(27-20)25-11-12-9-10-17(30-12)13-5-1-2-6-14(13)19(28)29/h1-10H,11H2,(H,28,29)(H,25,26,27). The van der Waals surface area contributed by atoms with E-state index in [2.05, 4.69) is 15.3 Å². The number of carboxylic acids is 1. The highest BCUT2D eigenvalue weighted by molar-refractivity contribution is 7.15. The van der Waals surface area contributed by atoms with Crippen molar-refractivity contribution in [1.29, 1.82) is 0 Å². The van der Waals surface area contributed by atoms with E-state index in [1.54, 1.807) is 48.5 Å². The average molecular weight is 429 g/mol. The van der Waals surface area contributed by atoms with Gasteiger partial charge in [-0.3, -0.25) is 0 Å². The summed E-state index contributed by atoms with van der Waals surface area (Å²) in [7, 11) is 0. The zero-order valence-corrected chi connectivity index (χ0v) is 16.1. The molecule has 0 spiro atoms. The number of rotatable bonds is 5. The molecule has 4 rings (SSSR count). The van der Waals surface area contributed by atoms with Crippen LogP contribution in [-0.2, 0) is 12.7 Å². The van der Waals surface area contributed by atoms with Crippen molar-refractivity contribution in [2.75, 3.05) is 5.32 Å². The van der Waals surface area contributed by atoms with Gasteiger partial charge in [0.2, 0.25) is 5.82 Å². The third kappa shape index (κ3) is 3.97. The molecule has 0 aliphatic rings. The van der Waals surface area contributed by atoms with Crippen LogP contribution in [0.4, 0.5) is 19.0 Å². The van der Waals surface area contributed by atoms with Gasteiger partial charge in [0.25, 0.3) is 0 Å². The zero-order chi connectivity index (χ0) is 21.3. The minimum Gasteiger partial charge on any atom is -0.478 e. The summed E-state index contributed by atoms with van der Waals surface area (Å²) in [4.78, 5) is 20.3. The second kappa shape index (κ2) is 7.75. The molecule has 30 heavy (non-hydrogen) atoms. The van der Waals surface area contributed by atoms with Gasteiger partial charge in [0, 0.05) is 20.7 Å². The molecule has 2 N–H and O–H groups in total. The molecule has 0 atom stereocenters. The van der Waals surface area contributed by atoms with Crippen LogP contribution in [0.1, 0.15) is 21.1 Å². The quantitative estimate of drug-likeness (QED) is 0.426. The van der Waals surface area contributed by atoms with Crippen molar-refractivity contribution < 1.29 is 23.1 Å².